The fourth-order valence-corrected chi connectivity index (χ4v) is 3.02. The van der Waals surface area contributed by atoms with Crippen LogP contribution >= 0.6 is 15.9 Å². The summed E-state index contributed by atoms with van der Waals surface area (Å²) in [6, 6.07) is 4.72. The highest BCUT2D eigenvalue weighted by Crippen LogP contribution is 2.25. The molecule has 0 spiro atoms. The molecule has 0 amide bonds. The van der Waals surface area contributed by atoms with Crippen LogP contribution in [0.4, 0.5) is 24.5 Å². The van der Waals surface area contributed by atoms with E-state index in [0.717, 1.165) is 6.07 Å². The summed E-state index contributed by atoms with van der Waals surface area (Å²) in [7, 11) is -4.56. The monoisotopic (exact) mass is 380 g/mol. The zero-order valence-electron chi connectivity index (χ0n) is 10.2. The number of hydrogen-bond acceptors (Lipinski definition) is 3. The van der Waals surface area contributed by atoms with Gasteiger partial charge in [-0.15, -0.1) is 0 Å². The van der Waals surface area contributed by atoms with E-state index in [-0.39, 0.29) is 15.8 Å². The molecule has 0 heterocycles. The van der Waals surface area contributed by atoms with Crippen LogP contribution in [0.15, 0.2) is 39.7 Å². The Balaban J connectivity index is 2.46. The molecular weight excluding hydrogens is 373 g/mol. The van der Waals surface area contributed by atoms with Crippen LogP contribution in [0.25, 0.3) is 0 Å². The number of anilines is 2. The van der Waals surface area contributed by atoms with Gasteiger partial charge in [-0.25, -0.2) is 21.6 Å². The molecule has 0 radical (unpaired) electrons. The quantitative estimate of drug-likeness (QED) is 0.802. The van der Waals surface area contributed by atoms with Gasteiger partial charge in [0.25, 0.3) is 10.0 Å². The first kappa shape index (κ1) is 15.6. The summed E-state index contributed by atoms with van der Waals surface area (Å²) in [6.45, 7) is 0. The van der Waals surface area contributed by atoms with Crippen LogP contribution < -0.4 is 10.5 Å². The van der Waals surface area contributed by atoms with Gasteiger partial charge in [-0.3, -0.25) is 4.72 Å². The Hall–Kier alpha value is -1.74. The molecule has 3 N–H and O–H groups in total. The Labute approximate surface area is 127 Å². The van der Waals surface area contributed by atoms with Gasteiger partial charge in [0.05, 0.1) is 10.2 Å². The van der Waals surface area contributed by atoms with Crippen molar-refractivity contribution in [3.8, 4) is 0 Å². The molecule has 0 bridgehead atoms. The average Bonchev–Trinajstić information content (AvgIpc) is 2.31. The van der Waals surface area contributed by atoms with Gasteiger partial charge in [0.1, 0.15) is 17.5 Å². The second kappa shape index (κ2) is 5.57. The molecule has 0 aliphatic heterocycles. The summed E-state index contributed by atoms with van der Waals surface area (Å²) in [5.74, 6) is -3.40. The van der Waals surface area contributed by atoms with E-state index in [0.29, 0.717) is 12.1 Å². The van der Waals surface area contributed by atoms with E-state index in [1.807, 2.05) is 4.72 Å². The van der Waals surface area contributed by atoms with Crippen LogP contribution in [0.5, 0.6) is 0 Å². The van der Waals surface area contributed by atoms with Gasteiger partial charge in [-0.1, -0.05) is 0 Å². The van der Waals surface area contributed by atoms with E-state index in [1.165, 1.54) is 12.1 Å². The summed E-state index contributed by atoms with van der Waals surface area (Å²) >= 11 is 2.90. The number of hydrogen-bond donors (Lipinski definition) is 2. The first-order valence-corrected chi connectivity index (χ1v) is 7.71. The van der Waals surface area contributed by atoms with Crippen LogP contribution in [0.3, 0.4) is 0 Å². The molecule has 2 rings (SSSR count). The van der Waals surface area contributed by atoms with Crippen LogP contribution in [-0.2, 0) is 10.0 Å². The molecule has 0 aliphatic carbocycles. The molecular formula is C12H8BrF3N2O2S. The van der Waals surface area contributed by atoms with Gasteiger partial charge in [-0.05, 0) is 46.3 Å². The first-order chi connectivity index (χ1) is 9.70. The van der Waals surface area contributed by atoms with Crippen molar-refractivity contribution in [3.63, 3.8) is 0 Å². The van der Waals surface area contributed by atoms with Crippen molar-refractivity contribution >= 4 is 37.3 Å². The predicted molar refractivity (Wildman–Crippen MR) is 75.7 cm³/mol. The Morgan fingerprint density at radius 2 is 1.57 bits per heavy atom. The largest absolute Gasteiger partial charge is 0.399 e. The number of nitrogen functional groups attached to an aromatic ring is 1. The SMILES string of the molecule is Nc1cc(F)c(S(=O)(=O)Nc2ccc(Br)c(F)c2)c(F)c1. The molecule has 0 saturated carbocycles. The zero-order valence-corrected chi connectivity index (χ0v) is 12.6. The average molecular weight is 381 g/mol. The molecule has 4 nitrogen and oxygen atoms in total. The molecule has 0 saturated heterocycles. The van der Waals surface area contributed by atoms with Crippen LogP contribution in [0.1, 0.15) is 0 Å². The summed E-state index contributed by atoms with van der Waals surface area (Å²) in [5.41, 5.74) is 4.78. The molecule has 9 heteroatoms. The lowest BCUT2D eigenvalue weighted by Gasteiger charge is -2.10. The standard InChI is InChI=1S/C12H8BrF3N2O2S/c13-8-2-1-7(5-9(8)14)18-21(19,20)12-10(15)3-6(17)4-11(12)16/h1-5,18H,17H2. The Kier molecular flexibility index (Phi) is 4.15. The molecule has 21 heavy (non-hydrogen) atoms. The molecule has 0 unspecified atom stereocenters. The highest BCUT2D eigenvalue weighted by molar-refractivity contribution is 9.10. The van der Waals surface area contributed by atoms with Gasteiger partial charge >= 0.3 is 0 Å². The molecule has 2 aromatic carbocycles. The van der Waals surface area contributed by atoms with Gasteiger partial charge in [0.15, 0.2) is 4.90 Å². The number of nitrogens with two attached hydrogens (primary N) is 1. The van der Waals surface area contributed by atoms with Crippen molar-refractivity contribution in [1.82, 2.24) is 0 Å². The highest BCUT2D eigenvalue weighted by atomic mass is 79.9. The second-order valence-corrected chi connectivity index (χ2v) is 6.52. The predicted octanol–water partition coefficient (Wildman–Crippen LogP) is 3.25. The van der Waals surface area contributed by atoms with Crippen molar-refractivity contribution in [1.29, 1.82) is 0 Å². The number of nitrogens with one attached hydrogen (secondary N) is 1. The van der Waals surface area contributed by atoms with Gasteiger partial charge in [-0.2, -0.15) is 0 Å². The first-order valence-electron chi connectivity index (χ1n) is 5.43. The summed E-state index contributed by atoms with van der Waals surface area (Å²) < 4.78 is 66.6. The fourth-order valence-electron chi connectivity index (χ4n) is 1.60. The lowest BCUT2D eigenvalue weighted by Crippen LogP contribution is -2.17. The Morgan fingerprint density at radius 3 is 2.10 bits per heavy atom. The molecule has 0 aromatic heterocycles. The number of sulfonamides is 1. The van der Waals surface area contributed by atoms with Gasteiger partial charge in [0.2, 0.25) is 0 Å². The van der Waals surface area contributed by atoms with Crippen molar-refractivity contribution in [2.24, 2.45) is 0 Å². The van der Waals surface area contributed by atoms with Crippen LogP contribution in [0, 0.1) is 17.5 Å². The summed E-state index contributed by atoms with van der Waals surface area (Å²) in [6.07, 6.45) is 0. The number of benzene rings is 2. The van der Waals surface area contributed by atoms with Gasteiger partial charge in [0, 0.05) is 5.69 Å². The third kappa shape index (κ3) is 3.30. The fraction of sp³-hybridized carbons (Fsp3) is 0. The highest BCUT2D eigenvalue weighted by Gasteiger charge is 2.25. The van der Waals surface area contributed by atoms with Crippen LogP contribution in [-0.4, -0.2) is 8.42 Å². The van der Waals surface area contributed by atoms with Crippen molar-refractivity contribution < 1.29 is 21.6 Å². The minimum atomic E-state index is -4.56. The summed E-state index contributed by atoms with van der Waals surface area (Å²) in [4.78, 5) is -1.18. The minimum Gasteiger partial charge on any atom is -0.399 e. The number of rotatable bonds is 3. The van der Waals surface area contributed by atoms with E-state index in [4.69, 9.17) is 5.73 Å². The lowest BCUT2D eigenvalue weighted by molar-refractivity contribution is 0.522. The van der Waals surface area contributed by atoms with E-state index in [9.17, 15) is 21.6 Å². The second-order valence-electron chi connectivity index (χ2n) is 4.05. The van der Waals surface area contributed by atoms with E-state index in [1.54, 1.807) is 0 Å². The van der Waals surface area contributed by atoms with Gasteiger partial charge < -0.3 is 5.73 Å². The topological polar surface area (TPSA) is 72.2 Å². The van der Waals surface area contributed by atoms with Crippen molar-refractivity contribution in [3.05, 3.63) is 52.3 Å². The Bertz CT molecular complexity index is 789. The van der Waals surface area contributed by atoms with E-state index in [2.05, 4.69) is 15.9 Å². The third-order valence-corrected chi connectivity index (χ3v) is 4.54. The van der Waals surface area contributed by atoms with E-state index >= 15 is 0 Å². The summed E-state index contributed by atoms with van der Waals surface area (Å²) in [5, 5.41) is 0. The maximum Gasteiger partial charge on any atom is 0.267 e. The molecule has 0 aliphatic rings. The van der Waals surface area contributed by atoms with Crippen molar-refractivity contribution in [2.75, 3.05) is 10.5 Å². The normalized spacial score (nSPS) is 11.4. The molecule has 0 fully saturated rings. The minimum absolute atomic E-state index is 0.121. The smallest absolute Gasteiger partial charge is 0.267 e. The molecule has 2 aromatic rings. The lowest BCUT2D eigenvalue weighted by atomic mass is 10.3. The maximum absolute atomic E-state index is 13.6. The van der Waals surface area contributed by atoms with Crippen molar-refractivity contribution in [2.45, 2.75) is 4.90 Å². The van der Waals surface area contributed by atoms with Crippen LogP contribution in [0.2, 0.25) is 0 Å². The van der Waals surface area contributed by atoms with E-state index < -0.39 is 32.4 Å². The Morgan fingerprint density at radius 1 is 1.00 bits per heavy atom. The molecule has 0 atom stereocenters. The molecule has 112 valence electrons. The zero-order chi connectivity index (χ0) is 15.8. The third-order valence-electron chi connectivity index (χ3n) is 2.46. The maximum atomic E-state index is 13.6. The number of halogens is 4.